The Morgan fingerprint density at radius 1 is 0.889 bits per heavy atom. The fourth-order valence-electron chi connectivity index (χ4n) is 3.83. The van der Waals surface area contributed by atoms with E-state index >= 15 is 0 Å². The van der Waals surface area contributed by atoms with Gasteiger partial charge in [-0.2, -0.15) is 0 Å². The van der Waals surface area contributed by atoms with Crippen LogP contribution in [0.15, 0.2) is 72.8 Å². The molecule has 0 aromatic heterocycles. The zero-order chi connectivity index (χ0) is 26.1. The number of rotatable bonds is 11. The number of carboxylic acid groups (broad SMARTS) is 1. The Hall–Kier alpha value is -3.91. The summed E-state index contributed by atoms with van der Waals surface area (Å²) in [6.07, 6.45) is -1.48. The van der Waals surface area contributed by atoms with Crippen molar-refractivity contribution >= 4 is 28.7 Å². The third-order valence-electron chi connectivity index (χ3n) is 5.61. The minimum atomic E-state index is -1.57. The standard InChI is InChI=1S/C28H32N2O6/c1-19(2)16-30(17-25(31)27(34)36-18-20-8-4-3-5-9-20)28(35)29-24(26(32)33)15-21-12-13-22-10-6-7-11-23(22)14-21/h3-14,19,24-25,31H,15-18H2,1-2H3,(H,29,35)(H,32,33)/t24-,25-/m0/s1. The number of aliphatic hydroxyl groups excluding tert-OH is 1. The van der Waals surface area contributed by atoms with Gasteiger partial charge in [-0.05, 0) is 27.8 Å². The van der Waals surface area contributed by atoms with E-state index in [1.54, 1.807) is 12.1 Å². The van der Waals surface area contributed by atoms with Crippen LogP contribution in [0.3, 0.4) is 0 Å². The average molecular weight is 493 g/mol. The Bertz CT molecular complexity index is 1180. The van der Waals surface area contributed by atoms with Crippen LogP contribution in [0, 0.1) is 5.92 Å². The van der Waals surface area contributed by atoms with E-state index in [-0.39, 0.29) is 32.0 Å². The van der Waals surface area contributed by atoms with E-state index in [1.807, 2.05) is 74.5 Å². The summed E-state index contributed by atoms with van der Waals surface area (Å²) in [6, 6.07) is 20.6. The molecule has 0 bridgehead atoms. The van der Waals surface area contributed by atoms with E-state index in [1.165, 1.54) is 4.90 Å². The second-order valence-corrected chi connectivity index (χ2v) is 9.13. The van der Waals surface area contributed by atoms with E-state index in [0.717, 1.165) is 21.9 Å². The molecule has 3 aromatic carbocycles. The minimum Gasteiger partial charge on any atom is -0.480 e. The Balaban J connectivity index is 1.64. The number of carbonyl (C=O) groups is 3. The molecule has 2 amide bonds. The smallest absolute Gasteiger partial charge is 0.337 e. The molecule has 3 N–H and O–H groups in total. The number of urea groups is 1. The quantitative estimate of drug-likeness (QED) is 0.352. The van der Waals surface area contributed by atoms with Gasteiger partial charge in [0.05, 0.1) is 6.54 Å². The van der Waals surface area contributed by atoms with Crippen molar-refractivity contribution in [3.63, 3.8) is 0 Å². The number of fused-ring (bicyclic) bond motifs is 1. The molecule has 0 aliphatic heterocycles. The Kier molecular flexibility index (Phi) is 9.41. The molecular weight excluding hydrogens is 460 g/mol. The average Bonchev–Trinajstić information content (AvgIpc) is 2.86. The number of nitrogens with zero attached hydrogens (tertiary/aromatic N) is 1. The molecule has 0 saturated carbocycles. The zero-order valence-electron chi connectivity index (χ0n) is 20.5. The molecule has 190 valence electrons. The minimum absolute atomic E-state index is 0.0000431. The van der Waals surface area contributed by atoms with E-state index in [0.29, 0.717) is 0 Å². The van der Waals surface area contributed by atoms with Crippen molar-refractivity contribution in [2.75, 3.05) is 13.1 Å². The number of benzene rings is 3. The number of ether oxygens (including phenoxy) is 1. The van der Waals surface area contributed by atoms with Crippen LogP contribution in [-0.4, -0.2) is 58.3 Å². The van der Waals surface area contributed by atoms with E-state index in [2.05, 4.69) is 5.32 Å². The number of aliphatic carboxylic acids is 1. The third kappa shape index (κ3) is 7.81. The van der Waals surface area contributed by atoms with Crippen LogP contribution in [-0.2, 0) is 27.4 Å². The molecule has 0 aliphatic carbocycles. The molecule has 0 unspecified atom stereocenters. The van der Waals surface area contributed by atoms with Crippen molar-refractivity contribution in [3.05, 3.63) is 83.9 Å². The van der Waals surface area contributed by atoms with Crippen LogP contribution in [0.5, 0.6) is 0 Å². The molecule has 0 heterocycles. The summed E-state index contributed by atoms with van der Waals surface area (Å²) < 4.78 is 5.17. The lowest BCUT2D eigenvalue weighted by atomic mass is 10.0. The fourth-order valence-corrected chi connectivity index (χ4v) is 3.83. The van der Waals surface area contributed by atoms with Crippen molar-refractivity contribution in [1.82, 2.24) is 10.2 Å². The molecule has 8 nitrogen and oxygen atoms in total. The topological polar surface area (TPSA) is 116 Å². The lowest BCUT2D eigenvalue weighted by molar-refractivity contribution is -0.155. The first kappa shape index (κ1) is 26.7. The van der Waals surface area contributed by atoms with Crippen LogP contribution < -0.4 is 5.32 Å². The second-order valence-electron chi connectivity index (χ2n) is 9.13. The first-order valence-electron chi connectivity index (χ1n) is 11.9. The third-order valence-corrected chi connectivity index (χ3v) is 5.61. The number of aliphatic hydroxyl groups is 1. The summed E-state index contributed by atoms with van der Waals surface area (Å²) in [4.78, 5) is 38.5. The second kappa shape index (κ2) is 12.7. The van der Waals surface area contributed by atoms with Crippen molar-refractivity contribution in [1.29, 1.82) is 0 Å². The van der Waals surface area contributed by atoms with Gasteiger partial charge in [0.25, 0.3) is 0 Å². The number of nitrogens with one attached hydrogen (secondary N) is 1. The number of hydrogen-bond donors (Lipinski definition) is 3. The van der Waals surface area contributed by atoms with Gasteiger partial charge < -0.3 is 25.2 Å². The monoisotopic (exact) mass is 492 g/mol. The summed E-state index contributed by atoms with van der Waals surface area (Å²) in [5.74, 6) is -2.01. The summed E-state index contributed by atoms with van der Waals surface area (Å²) in [5.41, 5.74) is 1.54. The van der Waals surface area contributed by atoms with Gasteiger partial charge in [0.1, 0.15) is 12.6 Å². The van der Waals surface area contributed by atoms with Gasteiger partial charge >= 0.3 is 18.0 Å². The Labute approximate surface area is 210 Å². The molecule has 0 spiro atoms. The summed E-state index contributed by atoms with van der Waals surface area (Å²) >= 11 is 0. The summed E-state index contributed by atoms with van der Waals surface area (Å²) in [6.45, 7) is 3.66. The van der Waals surface area contributed by atoms with Gasteiger partial charge in [-0.3, -0.25) is 0 Å². The van der Waals surface area contributed by atoms with Gasteiger partial charge in [0.15, 0.2) is 6.10 Å². The zero-order valence-corrected chi connectivity index (χ0v) is 20.5. The first-order chi connectivity index (χ1) is 17.2. The molecule has 8 heteroatoms. The van der Waals surface area contributed by atoms with Gasteiger partial charge in [-0.15, -0.1) is 0 Å². The van der Waals surface area contributed by atoms with Crippen LogP contribution in [0.4, 0.5) is 4.79 Å². The summed E-state index contributed by atoms with van der Waals surface area (Å²) in [7, 11) is 0. The highest BCUT2D eigenvalue weighted by Crippen LogP contribution is 2.17. The van der Waals surface area contributed by atoms with E-state index in [4.69, 9.17) is 4.74 Å². The lowest BCUT2D eigenvalue weighted by Gasteiger charge is -2.28. The van der Waals surface area contributed by atoms with Gasteiger partial charge in [-0.25, -0.2) is 14.4 Å². The Morgan fingerprint density at radius 3 is 2.22 bits per heavy atom. The lowest BCUT2D eigenvalue weighted by Crippen LogP contribution is -2.52. The highest BCUT2D eigenvalue weighted by atomic mass is 16.5. The molecule has 2 atom stereocenters. The van der Waals surface area contributed by atoms with Crippen molar-refractivity contribution in [2.45, 2.75) is 39.0 Å². The Morgan fingerprint density at radius 2 is 1.56 bits per heavy atom. The first-order valence-corrected chi connectivity index (χ1v) is 11.9. The molecule has 0 fully saturated rings. The predicted octanol–water partition coefficient (Wildman–Crippen LogP) is 3.61. The fraction of sp³-hybridized carbons (Fsp3) is 0.321. The van der Waals surface area contributed by atoms with Crippen molar-refractivity contribution in [2.24, 2.45) is 5.92 Å². The molecule has 0 aliphatic rings. The van der Waals surface area contributed by atoms with Crippen LogP contribution >= 0.6 is 0 Å². The normalized spacial score (nSPS) is 12.7. The molecule has 0 radical (unpaired) electrons. The maximum absolute atomic E-state index is 13.0. The molecule has 0 saturated heterocycles. The van der Waals surface area contributed by atoms with Gasteiger partial charge in [0, 0.05) is 13.0 Å². The molecular formula is C28H32N2O6. The van der Waals surface area contributed by atoms with E-state index < -0.39 is 30.1 Å². The van der Waals surface area contributed by atoms with Crippen LogP contribution in [0.2, 0.25) is 0 Å². The SMILES string of the molecule is CC(C)CN(C[C@H](O)C(=O)OCc1ccccc1)C(=O)N[C@@H](Cc1ccc2ccccc2c1)C(=O)O. The molecule has 3 aromatic rings. The number of carboxylic acids is 1. The predicted molar refractivity (Wildman–Crippen MR) is 136 cm³/mol. The highest BCUT2D eigenvalue weighted by molar-refractivity contribution is 5.85. The molecule has 3 rings (SSSR count). The maximum atomic E-state index is 13.0. The van der Waals surface area contributed by atoms with E-state index in [9.17, 15) is 24.6 Å². The number of amides is 2. The summed E-state index contributed by atoms with van der Waals surface area (Å²) in [5, 5.41) is 24.7. The van der Waals surface area contributed by atoms with Crippen molar-refractivity contribution in [3.8, 4) is 0 Å². The largest absolute Gasteiger partial charge is 0.480 e. The van der Waals surface area contributed by atoms with Gasteiger partial charge in [-0.1, -0.05) is 86.6 Å². The number of esters is 1. The maximum Gasteiger partial charge on any atom is 0.337 e. The molecule has 36 heavy (non-hydrogen) atoms. The van der Waals surface area contributed by atoms with Crippen LogP contribution in [0.1, 0.15) is 25.0 Å². The van der Waals surface area contributed by atoms with Crippen LogP contribution in [0.25, 0.3) is 10.8 Å². The highest BCUT2D eigenvalue weighted by Gasteiger charge is 2.28. The van der Waals surface area contributed by atoms with Gasteiger partial charge in [0.2, 0.25) is 0 Å². The van der Waals surface area contributed by atoms with Crippen molar-refractivity contribution < 1.29 is 29.3 Å². The number of carbonyl (C=O) groups excluding carboxylic acids is 2. The number of hydrogen-bond acceptors (Lipinski definition) is 5.